The quantitative estimate of drug-likeness (QED) is 0.654. The van der Waals surface area contributed by atoms with Crippen LogP contribution in [0.15, 0.2) is 48.5 Å². The summed E-state index contributed by atoms with van der Waals surface area (Å²) in [6, 6.07) is 13.7. The van der Waals surface area contributed by atoms with Crippen molar-refractivity contribution in [1.82, 2.24) is 10.2 Å². The minimum absolute atomic E-state index is 0.0255. The second-order valence-electron chi connectivity index (χ2n) is 6.87. The Labute approximate surface area is 176 Å². The van der Waals surface area contributed by atoms with Crippen molar-refractivity contribution in [2.45, 2.75) is 12.8 Å². The molecule has 1 N–H and O–H groups in total. The third kappa shape index (κ3) is 4.30. The maximum Gasteiger partial charge on any atom is 0.231 e. The van der Waals surface area contributed by atoms with Gasteiger partial charge in [0.15, 0.2) is 0 Å². The molecule has 0 aliphatic carbocycles. The molecule has 2 amide bonds. The average molecular weight is 426 g/mol. The minimum atomic E-state index is -0.578. The van der Waals surface area contributed by atoms with E-state index in [0.717, 1.165) is 16.3 Å². The molecule has 1 fully saturated rings. The predicted molar refractivity (Wildman–Crippen MR) is 111 cm³/mol. The van der Waals surface area contributed by atoms with Crippen molar-refractivity contribution in [3.05, 3.63) is 64.9 Å². The number of anilines is 2. The molecule has 30 heavy (non-hydrogen) atoms. The van der Waals surface area contributed by atoms with Crippen LogP contribution in [0.5, 0.6) is 5.75 Å². The van der Waals surface area contributed by atoms with Gasteiger partial charge in [-0.05, 0) is 29.8 Å². The van der Waals surface area contributed by atoms with Gasteiger partial charge in [0.25, 0.3) is 0 Å². The van der Waals surface area contributed by atoms with Crippen LogP contribution in [-0.2, 0) is 16.0 Å². The summed E-state index contributed by atoms with van der Waals surface area (Å²) >= 11 is 1.28. The number of methoxy groups -OCH3 is 1. The van der Waals surface area contributed by atoms with Gasteiger partial charge < -0.3 is 15.0 Å². The minimum Gasteiger partial charge on any atom is -0.497 e. The highest BCUT2D eigenvalue weighted by atomic mass is 32.1. The van der Waals surface area contributed by atoms with E-state index in [1.54, 1.807) is 19.2 Å². The van der Waals surface area contributed by atoms with Gasteiger partial charge in [-0.3, -0.25) is 9.59 Å². The predicted octanol–water partition coefficient (Wildman–Crippen LogP) is 3.27. The Bertz CT molecular complexity index is 1070. The normalized spacial score (nSPS) is 16.0. The van der Waals surface area contributed by atoms with Crippen LogP contribution in [0.4, 0.5) is 15.2 Å². The van der Waals surface area contributed by atoms with Gasteiger partial charge in [-0.1, -0.05) is 35.6 Å². The molecule has 4 rings (SSSR count). The number of halogens is 1. The molecule has 1 aromatic heterocycles. The summed E-state index contributed by atoms with van der Waals surface area (Å²) in [7, 11) is 1.61. The maximum absolute atomic E-state index is 14.0. The Morgan fingerprint density at radius 1 is 1.23 bits per heavy atom. The summed E-state index contributed by atoms with van der Waals surface area (Å²) in [5.74, 6) is -0.892. The number of hydrogen-bond donors (Lipinski definition) is 1. The van der Waals surface area contributed by atoms with Gasteiger partial charge >= 0.3 is 0 Å². The Morgan fingerprint density at radius 2 is 2.00 bits per heavy atom. The van der Waals surface area contributed by atoms with Gasteiger partial charge in [-0.2, -0.15) is 0 Å². The summed E-state index contributed by atoms with van der Waals surface area (Å²) in [6.45, 7) is 0.128. The topological polar surface area (TPSA) is 84.4 Å². The molecule has 2 aromatic carbocycles. The first-order chi connectivity index (χ1) is 14.5. The first kappa shape index (κ1) is 20.0. The molecule has 2 heterocycles. The number of nitrogens with one attached hydrogen (secondary N) is 1. The zero-order valence-corrected chi connectivity index (χ0v) is 17.0. The summed E-state index contributed by atoms with van der Waals surface area (Å²) in [5.41, 5.74) is 1.24. The molecule has 1 aliphatic heterocycles. The van der Waals surface area contributed by atoms with Crippen molar-refractivity contribution in [3.63, 3.8) is 0 Å². The summed E-state index contributed by atoms with van der Waals surface area (Å²) in [6.07, 6.45) is 0.609. The van der Waals surface area contributed by atoms with E-state index in [4.69, 9.17) is 4.74 Å². The Balaban J connectivity index is 1.37. The smallest absolute Gasteiger partial charge is 0.231 e. The van der Waals surface area contributed by atoms with Gasteiger partial charge in [0.05, 0.1) is 18.7 Å². The first-order valence-electron chi connectivity index (χ1n) is 9.34. The van der Waals surface area contributed by atoms with Gasteiger partial charge in [-0.25, -0.2) is 4.39 Å². The summed E-state index contributed by atoms with van der Waals surface area (Å²) < 4.78 is 19.1. The van der Waals surface area contributed by atoms with Gasteiger partial charge in [0.2, 0.25) is 16.9 Å². The molecule has 154 valence electrons. The van der Waals surface area contributed by atoms with E-state index in [0.29, 0.717) is 11.6 Å². The molecule has 3 aromatic rings. The number of ether oxygens (including phenoxy) is 1. The molecule has 7 nitrogen and oxygen atoms in total. The zero-order valence-electron chi connectivity index (χ0n) is 16.2. The second-order valence-corrected chi connectivity index (χ2v) is 7.93. The maximum atomic E-state index is 14.0. The van der Waals surface area contributed by atoms with E-state index in [-0.39, 0.29) is 30.5 Å². The molecule has 1 aliphatic rings. The van der Waals surface area contributed by atoms with Crippen molar-refractivity contribution in [1.29, 1.82) is 0 Å². The third-order valence-electron chi connectivity index (χ3n) is 4.85. The average Bonchev–Trinajstić information content (AvgIpc) is 3.35. The van der Waals surface area contributed by atoms with Crippen molar-refractivity contribution in [3.8, 4) is 5.75 Å². The number of aromatic nitrogens is 2. The number of benzene rings is 2. The Kier molecular flexibility index (Phi) is 5.71. The summed E-state index contributed by atoms with van der Waals surface area (Å²) in [5, 5.41) is 12.0. The molecule has 9 heteroatoms. The fraction of sp³-hybridized carbons (Fsp3) is 0.238. The molecule has 0 unspecified atom stereocenters. The van der Waals surface area contributed by atoms with E-state index in [1.165, 1.54) is 28.4 Å². The molecule has 1 saturated heterocycles. The van der Waals surface area contributed by atoms with Crippen LogP contribution < -0.4 is 15.0 Å². The van der Waals surface area contributed by atoms with Gasteiger partial charge in [0.1, 0.15) is 16.6 Å². The van der Waals surface area contributed by atoms with E-state index in [1.807, 2.05) is 24.3 Å². The van der Waals surface area contributed by atoms with Crippen molar-refractivity contribution >= 4 is 34.0 Å². The number of para-hydroxylation sites is 1. The van der Waals surface area contributed by atoms with E-state index in [9.17, 15) is 14.0 Å². The van der Waals surface area contributed by atoms with E-state index in [2.05, 4.69) is 15.5 Å². The van der Waals surface area contributed by atoms with Gasteiger partial charge in [-0.15, -0.1) is 10.2 Å². The zero-order chi connectivity index (χ0) is 21.1. The molecular formula is C21H19FN4O3S. The first-order valence-corrected chi connectivity index (χ1v) is 10.2. The number of carbonyl (C=O) groups is 2. The number of nitrogens with zero attached hydrogens (tertiary/aromatic N) is 3. The van der Waals surface area contributed by atoms with Gasteiger partial charge in [0, 0.05) is 19.4 Å². The van der Waals surface area contributed by atoms with Crippen LogP contribution in [0.2, 0.25) is 0 Å². The Hall–Kier alpha value is -3.33. The van der Waals surface area contributed by atoms with Crippen LogP contribution in [0.25, 0.3) is 0 Å². The van der Waals surface area contributed by atoms with Crippen LogP contribution >= 0.6 is 11.3 Å². The molecular weight excluding hydrogens is 407 g/mol. The largest absolute Gasteiger partial charge is 0.497 e. The van der Waals surface area contributed by atoms with E-state index >= 15 is 0 Å². The molecule has 0 radical (unpaired) electrons. The van der Waals surface area contributed by atoms with Crippen molar-refractivity contribution in [2.24, 2.45) is 5.92 Å². The molecule has 0 bridgehead atoms. The van der Waals surface area contributed by atoms with Crippen LogP contribution in [0.3, 0.4) is 0 Å². The highest BCUT2D eigenvalue weighted by Gasteiger charge is 2.36. The highest BCUT2D eigenvalue weighted by Crippen LogP contribution is 2.28. The number of carbonyl (C=O) groups excluding carboxylic acids is 2. The standard InChI is InChI=1S/C21H19FN4O3S/c1-29-15-8-6-13(7-9-15)10-18-24-25-21(30-18)23-20(28)14-11-19(27)26(12-14)17-5-3-2-4-16(17)22/h2-9,14H,10-12H2,1H3,(H,23,25,28)/t14-/m0/s1. The second kappa shape index (κ2) is 8.58. The SMILES string of the molecule is COc1ccc(Cc2nnc(NC(=O)[C@H]3CC(=O)N(c4ccccc4F)C3)s2)cc1. The van der Waals surface area contributed by atoms with Crippen molar-refractivity contribution in [2.75, 3.05) is 23.9 Å². The lowest BCUT2D eigenvalue weighted by Crippen LogP contribution is -2.28. The van der Waals surface area contributed by atoms with Crippen LogP contribution in [0.1, 0.15) is 17.0 Å². The molecule has 0 spiro atoms. The van der Waals surface area contributed by atoms with Crippen LogP contribution in [0, 0.1) is 11.7 Å². The fourth-order valence-electron chi connectivity index (χ4n) is 3.29. The number of amides is 2. The lowest BCUT2D eigenvalue weighted by molar-refractivity contribution is -0.122. The monoisotopic (exact) mass is 426 g/mol. The lowest BCUT2D eigenvalue weighted by atomic mass is 10.1. The van der Waals surface area contributed by atoms with E-state index < -0.39 is 11.7 Å². The molecule has 0 saturated carbocycles. The number of hydrogen-bond acceptors (Lipinski definition) is 6. The Morgan fingerprint density at radius 3 is 2.73 bits per heavy atom. The number of rotatable bonds is 6. The lowest BCUT2D eigenvalue weighted by Gasteiger charge is -2.17. The van der Waals surface area contributed by atoms with Crippen LogP contribution in [-0.4, -0.2) is 35.7 Å². The van der Waals surface area contributed by atoms with Crippen molar-refractivity contribution < 1.29 is 18.7 Å². The molecule has 1 atom stereocenters. The third-order valence-corrected chi connectivity index (χ3v) is 5.69. The summed E-state index contributed by atoms with van der Waals surface area (Å²) in [4.78, 5) is 26.2. The fourth-order valence-corrected chi connectivity index (χ4v) is 4.06. The highest BCUT2D eigenvalue weighted by molar-refractivity contribution is 7.15.